The fourth-order valence-corrected chi connectivity index (χ4v) is 2.09. The van der Waals surface area contributed by atoms with Crippen molar-refractivity contribution in [2.75, 3.05) is 20.3 Å². The lowest BCUT2D eigenvalue weighted by molar-refractivity contribution is 0.194. The van der Waals surface area contributed by atoms with E-state index < -0.39 is 23.7 Å². The quantitative estimate of drug-likeness (QED) is 0.788. The predicted octanol–water partition coefficient (Wildman–Crippen LogP) is 2.36. The van der Waals surface area contributed by atoms with Crippen LogP contribution in [0.25, 0.3) is 0 Å². The molecule has 2 amide bonds. The molecule has 1 atom stereocenters. The molecule has 1 aromatic rings. The summed E-state index contributed by atoms with van der Waals surface area (Å²) in [4.78, 5) is 11.7. The van der Waals surface area contributed by atoms with Gasteiger partial charge in [0.05, 0.1) is 12.6 Å². The number of methoxy groups -OCH3 is 1. The summed E-state index contributed by atoms with van der Waals surface area (Å²) in [5, 5.41) is 5.32. The summed E-state index contributed by atoms with van der Waals surface area (Å²) >= 11 is 0. The fourth-order valence-electron chi connectivity index (χ4n) is 2.09. The third-order valence-electron chi connectivity index (χ3n) is 3.26. The highest BCUT2D eigenvalue weighted by molar-refractivity contribution is 5.74. The van der Waals surface area contributed by atoms with Gasteiger partial charge in [-0.15, -0.1) is 0 Å². The van der Waals surface area contributed by atoms with Crippen LogP contribution in [0, 0.1) is 17.6 Å². The molecule has 0 heterocycles. The summed E-state index contributed by atoms with van der Waals surface area (Å²) in [6, 6.07) is 2.41. The molecule has 110 valence electrons. The van der Waals surface area contributed by atoms with Crippen LogP contribution in [-0.4, -0.2) is 26.3 Å². The average molecular weight is 284 g/mol. The molecule has 0 saturated heterocycles. The lowest BCUT2D eigenvalue weighted by Crippen LogP contribution is -2.40. The van der Waals surface area contributed by atoms with Crippen molar-refractivity contribution in [1.82, 2.24) is 10.6 Å². The lowest BCUT2D eigenvalue weighted by Gasteiger charge is -2.20. The zero-order valence-corrected chi connectivity index (χ0v) is 11.3. The monoisotopic (exact) mass is 284 g/mol. The summed E-state index contributed by atoms with van der Waals surface area (Å²) in [5.74, 6) is -0.839. The van der Waals surface area contributed by atoms with Gasteiger partial charge in [-0.05, 0) is 37.0 Å². The van der Waals surface area contributed by atoms with Crippen molar-refractivity contribution >= 4 is 6.03 Å². The van der Waals surface area contributed by atoms with E-state index in [-0.39, 0.29) is 11.5 Å². The molecule has 20 heavy (non-hydrogen) atoms. The molecule has 0 aromatic heterocycles. The van der Waals surface area contributed by atoms with Crippen LogP contribution < -0.4 is 10.6 Å². The van der Waals surface area contributed by atoms with Crippen LogP contribution in [0.4, 0.5) is 13.6 Å². The summed E-state index contributed by atoms with van der Waals surface area (Å²) < 4.78 is 31.9. The number of hydrogen-bond donors (Lipinski definition) is 2. The second kappa shape index (κ2) is 6.65. The molecule has 0 aliphatic heterocycles. The van der Waals surface area contributed by atoms with Crippen LogP contribution in [-0.2, 0) is 4.74 Å². The second-order valence-electron chi connectivity index (χ2n) is 4.87. The smallest absolute Gasteiger partial charge is 0.315 e. The highest BCUT2D eigenvalue weighted by atomic mass is 19.1. The Morgan fingerprint density at radius 3 is 2.85 bits per heavy atom. The van der Waals surface area contributed by atoms with Gasteiger partial charge in [0.25, 0.3) is 0 Å². The number of carbonyl (C=O) groups is 1. The molecule has 2 N–H and O–H groups in total. The summed E-state index contributed by atoms with van der Waals surface area (Å²) in [7, 11) is 1.54. The molecule has 1 aromatic carbocycles. The first-order valence-electron chi connectivity index (χ1n) is 6.60. The van der Waals surface area contributed by atoms with Crippen molar-refractivity contribution in [3.63, 3.8) is 0 Å². The fraction of sp³-hybridized carbons (Fsp3) is 0.500. The minimum absolute atomic E-state index is 0.166. The topological polar surface area (TPSA) is 50.4 Å². The maximum Gasteiger partial charge on any atom is 0.315 e. The normalized spacial score (nSPS) is 15.8. The Kier molecular flexibility index (Phi) is 4.89. The van der Waals surface area contributed by atoms with Crippen LogP contribution >= 0.6 is 0 Å². The largest absolute Gasteiger partial charge is 0.383 e. The molecule has 6 heteroatoms. The number of urea groups is 1. The standard InChI is InChI=1S/C14H18F2N2O2/c1-20-7-6-17-14(19)18-13(9-2-3-9)11-8-10(15)4-5-12(11)16/h4-5,8-9,13H,2-3,6-7H2,1H3,(H2,17,18,19). The number of rotatable bonds is 6. The SMILES string of the molecule is COCCNC(=O)NC(c1cc(F)ccc1F)C1CC1. The Labute approximate surface area is 116 Å². The van der Waals surface area contributed by atoms with Crippen LogP contribution in [0.5, 0.6) is 0 Å². The number of carbonyl (C=O) groups excluding carboxylic acids is 1. The van der Waals surface area contributed by atoms with Gasteiger partial charge in [-0.3, -0.25) is 0 Å². The van der Waals surface area contributed by atoms with Crippen LogP contribution in [0.2, 0.25) is 0 Å². The van der Waals surface area contributed by atoms with E-state index in [4.69, 9.17) is 4.74 Å². The van der Waals surface area contributed by atoms with Gasteiger partial charge in [-0.2, -0.15) is 0 Å². The van der Waals surface area contributed by atoms with E-state index in [1.807, 2.05) is 0 Å². The van der Waals surface area contributed by atoms with Crippen molar-refractivity contribution in [2.24, 2.45) is 5.92 Å². The Bertz CT molecular complexity index is 478. The van der Waals surface area contributed by atoms with E-state index in [0.717, 1.165) is 31.0 Å². The van der Waals surface area contributed by atoms with Crippen molar-refractivity contribution < 1.29 is 18.3 Å². The third-order valence-corrected chi connectivity index (χ3v) is 3.26. The van der Waals surface area contributed by atoms with E-state index in [0.29, 0.717) is 13.2 Å². The summed E-state index contributed by atoms with van der Waals surface area (Å²) in [6.07, 6.45) is 1.80. The Balaban J connectivity index is 2.04. The van der Waals surface area contributed by atoms with E-state index in [1.54, 1.807) is 0 Å². The average Bonchev–Trinajstić information content (AvgIpc) is 3.24. The molecule has 0 spiro atoms. The predicted molar refractivity (Wildman–Crippen MR) is 70.2 cm³/mol. The van der Waals surface area contributed by atoms with Crippen molar-refractivity contribution in [3.05, 3.63) is 35.4 Å². The summed E-state index contributed by atoms with van der Waals surface area (Å²) in [6.45, 7) is 0.765. The van der Waals surface area contributed by atoms with E-state index in [2.05, 4.69) is 10.6 Å². The highest BCUT2D eigenvalue weighted by Crippen LogP contribution is 2.41. The number of ether oxygens (including phenoxy) is 1. The molecule has 1 saturated carbocycles. The number of benzene rings is 1. The van der Waals surface area contributed by atoms with Gasteiger partial charge in [0, 0.05) is 19.2 Å². The van der Waals surface area contributed by atoms with Crippen molar-refractivity contribution in [3.8, 4) is 0 Å². The minimum Gasteiger partial charge on any atom is -0.383 e. The molecular formula is C14H18F2N2O2. The number of amides is 2. The third kappa shape index (κ3) is 3.90. The first kappa shape index (κ1) is 14.7. The summed E-state index contributed by atoms with van der Waals surface area (Å²) in [5.41, 5.74) is 0.203. The van der Waals surface area contributed by atoms with Gasteiger partial charge in [0.15, 0.2) is 0 Å². The Morgan fingerprint density at radius 1 is 1.45 bits per heavy atom. The molecule has 1 unspecified atom stereocenters. The van der Waals surface area contributed by atoms with Gasteiger partial charge in [0.2, 0.25) is 0 Å². The second-order valence-corrected chi connectivity index (χ2v) is 4.87. The highest BCUT2D eigenvalue weighted by Gasteiger charge is 2.35. The Morgan fingerprint density at radius 2 is 2.20 bits per heavy atom. The van der Waals surface area contributed by atoms with Gasteiger partial charge < -0.3 is 15.4 Å². The van der Waals surface area contributed by atoms with E-state index >= 15 is 0 Å². The molecule has 1 fully saturated rings. The Hall–Kier alpha value is -1.69. The molecule has 0 radical (unpaired) electrons. The molecule has 1 aliphatic rings. The van der Waals surface area contributed by atoms with Crippen molar-refractivity contribution in [2.45, 2.75) is 18.9 Å². The number of hydrogen-bond acceptors (Lipinski definition) is 2. The van der Waals surface area contributed by atoms with Gasteiger partial charge in [0.1, 0.15) is 11.6 Å². The van der Waals surface area contributed by atoms with Crippen LogP contribution in [0.15, 0.2) is 18.2 Å². The molecule has 2 rings (SSSR count). The molecule has 1 aliphatic carbocycles. The molecule has 0 bridgehead atoms. The van der Waals surface area contributed by atoms with E-state index in [1.165, 1.54) is 7.11 Å². The molecular weight excluding hydrogens is 266 g/mol. The van der Waals surface area contributed by atoms with Gasteiger partial charge in [-0.25, -0.2) is 13.6 Å². The number of halogens is 2. The molecule has 4 nitrogen and oxygen atoms in total. The van der Waals surface area contributed by atoms with Crippen molar-refractivity contribution in [1.29, 1.82) is 0 Å². The van der Waals surface area contributed by atoms with E-state index in [9.17, 15) is 13.6 Å². The minimum atomic E-state index is -0.506. The first-order chi connectivity index (χ1) is 9.61. The van der Waals surface area contributed by atoms with Crippen LogP contribution in [0.3, 0.4) is 0 Å². The zero-order valence-electron chi connectivity index (χ0n) is 11.3. The maximum atomic E-state index is 13.8. The lowest BCUT2D eigenvalue weighted by atomic mass is 10.0. The number of nitrogens with one attached hydrogen (secondary N) is 2. The van der Waals surface area contributed by atoms with Crippen LogP contribution in [0.1, 0.15) is 24.4 Å². The maximum absolute atomic E-state index is 13.8. The van der Waals surface area contributed by atoms with Gasteiger partial charge >= 0.3 is 6.03 Å². The van der Waals surface area contributed by atoms with Gasteiger partial charge in [-0.1, -0.05) is 0 Å². The first-order valence-corrected chi connectivity index (χ1v) is 6.60. The zero-order chi connectivity index (χ0) is 14.5.